The number of carbonyl (C=O) groups is 2. The summed E-state index contributed by atoms with van der Waals surface area (Å²) in [5.41, 5.74) is 1.89. The number of carbonyl (C=O) groups excluding carboxylic acids is 2. The Morgan fingerprint density at radius 1 is 1.28 bits per heavy atom. The molecule has 7 nitrogen and oxygen atoms in total. The van der Waals surface area contributed by atoms with Crippen molar-refractivity contribution in [3.63, 3.8) is 0 Å². The summed E-state index contributed by atoms with van der Waals surface area (Å²) in [5, 5.41) is 3.59. The van der Waals surface area contributed by atoms with Gasteiger partial charge in [0.15, 0.2) is 0 Å². The predicted molar refractivity (Wildman–Crippen MR) is 101 cm³/mol. The third kappa shape index (κ3) is 5.06. The van der Waals surface area contributed by atoms with Crippen LogP contribution in [-0.4, -0.2) is 52.2 Å². The molecule has 1 aromatic heterocycles. The second kappa shape index (κ2) is 8.40. The molecule has 0 aliphatic carbocycles. The lowest BCUT2D eigenvalue weighted by atomic mass is 10.2. The highest BCUT2D eigenvalue weighted by molar-refractivity contribution is 5.95. The number of nitrogens with zero attached hydrogens (tertiary/aromatic N) is 3. The average Bonchev–Trinajstić information content (AvgIpc) is 3.22. The minimum Gasteiger partial charge on any atom is -0.329 e. The monoisotopic (exact) mass is 411 g/mol. The summed E-state index contributed by atoms with van der Waals surface area (Å²) in [6.07, 6.45) is -2.86. The van der Waals surface area contributed by atoms with E-state index in [4.69, 9.17) is 4.98 Å². The molecule has 0 unspecified atom stereocenters. The number of nitrogens with one attached hydrogen (secondary N) is 2. The molecule has 1 saturated heterocycles. The van der Waals surface area contributed by atoms with E-state index in [0.29, 0.717) is 6.54 Å². The van der Waals surface area contributed by atoms with Crippen molar-refractivity contribution in [1.82, 2.24) is 25.1 Å². The van der Waals surface area contributed by atoms with E-state index in [-0.39, 0.29) is 18.6 Å². The van der Waals surface area contributed by atoms with Crippen molar-refractivity contribution in [3.8, 4) is 0 Å². The van der Waals surface area contributed by atoms with Crippen molar-refractivity contribution in [2.24, 2.45) is 0 Å². The second-order valence-corrected chi connectivity index (χ2v) is 7.40. The molecule has 158 valence electrons. The molecule has 29 heavy (non-hydrogen) atoms. The number of imidazole rings is 1. The molecule has 1 aromatic carbocycles. The molecule has 1 aliphatic rings. The van der Waals surface area contributed by atoms with Crippen LogP contribution in [0.3, 0.4) is 0 Å². The van der Waals surface area contributed by atoms with E-state index in [9.17, 15) is 22.8 Å². The number of rotatable bonds is 5. The largest absolute Gasteiger partial charge is 0.405 e. The number of aromatic nitrogens is 2. The Morgan fingerprint density at radius 3 is 2.69 bits per heavy atom. The molecule has 0 spiro atoms. The van der Waals surface area contributed by atoms with Crippen LogP contribution < -0.4 is 10.6 Å². The third-order valence-corrected chi connectivity index (χ3v) is 4.85. The molecule has 3 rings (SSSR count). The highest BCUT2D eigenvalue weighted by atomic mass is 19.4. The second-order valence-electron chi connectivity index (χ2n) is 7.40. The van der Waals surface area contributed by atoms with E-state index in [1.54, 1.807) is 5.32 Å². The Balaban J connectivity index is 1.71. The Labute approximate surface area is 166 Å². The molecule has 1 atom stereocenters. The van der Waals surface area contributed by atoms with E-state index in [2.05, 4.69) is 18.4 Å². The van der Waals surface area contributed by atoms with Crippen LogP contribution in [0.1, 0.15) is 44.6 Å². The van der Waals surface area contributed by atoms with Crippen LogP contribution in [0.15, 0.2) is 24.3 Å². The molecular weight excluding hydrogens is 387 g/mol. The van der Waals surface area contributed by atoms with Gasteiger partial charge in [-0.1, -0.05) is 12.1 Å². The number of halogens is 3. The van der Waals surface area contributed by atoms with Crippen LogP contribution >= 0.6 is 0 Å². The van der Waals surface area contributed by atoms with Gasteiger partial charge in [0, 0.05) is 6.04 Å². The Kier molecular flexibility index (Phi) is 6.11. The third-order valence-electron chi connectivity index (χ3n) is 4.85. The van der Waals surface area contributed by atoms with Gasteiger partial charge in [0.1, 0.15) is 12.4 Å². The van der Waals surface area contributed by atoms with Crippen LogP contribution in [0, 0.1) is 0 Å². The zero-order chi connectivity index (χ0) is 21.2. The van der Waals surface area contributed by atoms with Gasteiger partial charge in [-0.15, -0.1) is 0 Å². The lowest BCUT2D eigenvalue weighted by Gasteiger charge is -2.25. The molecule has 0 bridgehead atoms. The molecule has 3 amide bonds. The van der Waals surface area contributed by atoms with Crippen LogP contribution in [0.4, 0.5) is 18.0 Å². The maximum absolute atomic E-state index is 12.2. The fourth-order valence-electron chi connectivity index (χ4n) is 3.72. The molecule has 0 radical (unpaired) electrons. The highest BCUT2D eigenvalue weighted by Crippen LogP contribution is 2.34. The van der Waals surface area contributed by atoms with Gasteiger partial charge >= 0.3 is 12.2 Å². The first-order chi connectivity index (χ1) is 13.7. The minimum absolute atomic E-state index is 0.0919. The van der Waals surface area contributed by atoms with Crippen molar-refractivity contribution < 1.29 is 22.8 Å². The summed E-state index contributed by atoms with van der Waals surface area (Å²) in [4.78, 5) is 30.4. The zero-order valence-corrected chi connectivity index (χ0v) is 16.3. The quantitative estimate of drug-likeness (QED) is 0.792. The standard InChI is InChI=1S/C19H24F3N5O2/c1-12(2)27-14-7-4-3-6-13(14)24-17(27)15-8-5-9-26(15)10-16(28)25-18(29)23-11-19(20,21)22/h3-4,6-7,12,15H,5,8-11H2,1-2H3,(H2,23,25,28,29)/t15-/m0/s1. The van der Waals surface area contributed by atoms with Crippen LogP contribution in [0.25, 0.3) is 11.0 Å². The van der Waals surface area contributed by atoms with Crippen molar-refractivity contribution in [1.29, 1.82) is 0 Å². The van der Waals surface area contributed by atoms with Gasteiger partial charge in [-0.05, 0) is 45.4 Å². The Hall–Kier alpha value is -2.62. The molecule has 2 N–H and O–H groups in total. The number of para-hydroxylation sites is 2. The van der Waals surface area contributed by atoms with Crippen molar-refractivity contribution in [3.05, 3.63) is 30.1 Å². The summed E-state index contributed by atoms with van der Waals surface area (Å²) in [6, 6.07) is 6.72. The van der Waals surface area contributed by atoms with Crippen molar-refractivity contribution in [2.75, 3.05) is 19.6 Å². The van der Waals surface area contributed by atoms with Crippen LogP contribution in [0.2, 0.25) is 0 Å². The normalized spacial score (nSPS) is 17.8. The number of benzene rings is 1. The van der Waals surface area contributed by atoms with Crippen LogP contribution in [-0.2, 0) is 4.79 Å². The van der Waals surface area contributed by atoms with Gasteiger partial charge in [0.2, 0.25) is 5.91 Å². The zero-order valence-electron chi connectivity index (χ0n) is 16.3. The molecule has 2 heterocycles. The lowest BCUT2D eigenvalue weighted by molar-refractivity contribution is -0.125. The van der Waals surface area contributed by atoms with Gasteiger partial charge in [-0.25, -0.2) is 9.78 Å². The smallest absolute Gasteiger partial charge is 0.329 e. The highest BCUT2D eigenvalue weighted by Gasteiger charge is 2.33. The lowest BCUT2D eigenvalue weighted by Crippen LogP contribution is -2.46. The summed E-state index contributed by atoms with van der Waals surface area (Å²) in [5.74, 6) is 0.205. The van der Waals surface area contributed by atoms with E-state index >= 15 is 0 Å². The Bertz CT molecular complexity index is 894. The maximum atomic E-state index is 12.2. The number of imide groups is 1. The van der Waals surface area contributed by atoms with E-state index in [1.807, 2.05) is 34.5 Å². The molecular formula is C19H24F3N5O2. The van der Waals surface area contributed by atoms with E-state index in [1.165, 1.54) is 0 Å². The van der Waals surface area contributed by atoms with Gasteiger partial charge in [-0.2, -0.15) is 13.2 Å². The topological polar surface area (TPSA) is 79.3 Å². The SMILES string of the molecule is CC(C)n1c([C@@H]2CCCN2CC(=O)NC(=O)NCC(F)(F)F)nc2ccccc21. The number of fused-ring (bicyclic) bond motifs is 1. The molecule has 1 aliphatic heterocycles. The number of likely N-dealkylation sites (tertiary alicyclic amines) is 1. The maximum Gasteiger partial charge on any atom is 0.405 e. The first-order valence-corrected chi connectivity index (χ1v) is 9.51. The number of hydrogen-bond donors (Lipinski definition) is 2. The van der Waals surface area contributed by atoms with Gasteiger partial charge in [-0.3, -0.25) is 15.0 Å². The van der Waals surface area contributed by atoms with E-state index in [0.717, 1.165) is 29.7 Å². The number of urea groups is 1. The average molecular weight is 411 g/mol. The van der Waals surface area contributed by atoms with Gasteiger partial charge in [0.25, 0.3) is 0 Å². The minimum atomic E-state index is -4.53. The number of alkyl halides is 3. The molecule has 0 saturated carbocycles. The van der Waals surface area contributed by atoms with Gasteiger partial charge < -0.3 is 9.88 Å². The summed E-state index contributed by atoms with van der Waals surface area (Å²) in [7, 11) is 0. The molecule has 2 aromatic rings. The number of amides is 3. The Morgan fingerprint density at radius 2 is 2.00 bits per heavy atom. The van der Waals surface area contributed by atoms with Gasteiger partial charge in [0.05, 0.1) is 23.6 Å². The fourth-order valence-corrected chi connectivity index (χ4v) is 3.72. The summed E-state index contributed by atoms with van der Waals surface area (Å²) >= 11 is 0. The molecule has 10 heteroatoms. The van der Waals surface area contributed by atoms with Crippen molar-refractivity contribution >= 4 is 23.0 Å². The van der Waals surface area contributed by atoms with Crippen LogP contribution in [0.5, 0.6) is 0 Å². The van der Waals surface area contributed by atoms with Crippen molar-refractivity contribution in [2.45, 2.75) is 44.9 Å². The number of hydrogen-bond acceptors (Lipinski definition) is 4. The fraction of sp³-hybridized carbons (Fsp3) is 0.526. The predicted octanol–water partition coefficient (Wildman–Crippen LogP) is 3.14. The summed E-state index contributed by atoms with van der Waals surface area (Å²) in [6.45, 7) is 3.19. The first kappa shape index (κ1) is 21.1. The molecule has 1 fully saturated rings. The summed E-state index contributed by atoms with van der Waals surface area (Å²) < 4.78 is 38.6. The van der Waals surface area contributed by atoms with E-state index < -0.39 is 24.7 Å². The first-order valence-electron chi connectivity index (χ1n) is 9.51.